The highest BCUT2D eigenvalue weighted by atomic mass is 16.5. The minimum Gasteiger partial charge on any atom is -0.480 e. The maximum atomic E-state index is 12.0. The van der Waals surface area contributed by atoms with E-state index < -0.39 is 24.1 Å². The van der Waals surface area contributed by atoms with Crippen LogP contribution in [0.25, 0.3) is 0 Å². The van der Waals surface area contributed by atoms with Gasteiger partial charge < -0.3 is 29.9 Å². The van der Waals surface area contributed by atoms with E-state index >= 15 is 0 Å². The third-order valence-corrected chi connectivity index (χ3v) is 2.75. The molecule has 8 nitrogen and oxygen atoms in total. The smallest absolute Gasteiger partial charge is 0.328 e. The lowest BCUT2D eigenvalue weighted by molar-refractivity contribution is -0.140. The van der Waals surface area contributed by atoms with Crippen LogP contribution in [0.4, 0.5) is 4.79 Å². The van der Waals surface area contributed by atoms with Crippen molar-refractivity contribution in [2.24, 2.45) is 0 Å². The third-order valence-electron chi connectivity index (χ3n) is 2.75. The van der Waals surface area contributed by atoms with Gasteiger partial charge in [0, 0.05) is 13.7 Å². The van der Waals surface area contributed by atoms with Crippen molar-refractivity contribution >= 4 is 12.0 Å². The van der Waals surface area contributed by atoms with Gasteiger partial charge >= 0.3 is 12.0 Å². The van der Waals surface area contributed by atoms with Crippen molar-refractivity contribution in [3.8, 4) is 0 Å². The van der Waals surface area contributed by atoms with Crippen LogP contribution in [0.2, 0.25) is 0 Å². The molecule has 110 valence electrons. The summed E-state index contributed by atoms with van der Waals surface area (Å²) in [7, 11) is 1.36. The van der Waals surface area contributed by atoms with Crippen LogP contribution in [0.1, 0.15) is 6.92 Å². The summed E-state index contributed by atoms with van der Waals surface area (Å²) in [6.45, 7) is 2.07. The molecule has 0 spiro atoms. The van der Waals surface area contributed by atoms with E-state index in [0.29, 0.717) is 6.54 Å². The number of carbonyl (C=O) groups excluding carboxylic acids is 1. The van der Waals surface area contributed by atoms with E-state index in [1.54, 1.807) is 6.92 Å². The molecule has 0 aliphatic carbocycles. The molecule has 1 aliphatic rings. The molecule has 1 saturated heterocycles. The quantitative estimate of drug-likeness (QED) is 0.587. The van der Waals surface area contributed by atoms with Crippen molar-refractivity contribution in [3.05, 3.63) is 0 Å². The van der Waals surface area contributed by atoms with E-state index in [0.717, 1.165) is 0 Å². The number of nitrogens with one attached hydrogen (secondary N) is 1. The van der Waals surface area contributed by atoms with Crippen LogP contribution in [0.5, 0.6) is 0 Å². The number of nitrogens with zero attached hydrogens (tertiary/aromatic N) is 1. The van der Waals surface area contributed by atoms with Crippen LogP contribution < -0.4 is 5.32 Å². The van der Waals surface area contributed by atoms with E-state index in [1.165, 1.54) is 12.0 Å². The number of aliphatic hydroxyl groups excluding tert-OH is 1. The van der Waals surface area contributed by atoms with Gasteiger partial charge in [-0.3, -0.25) is 0 Å². The lowest BCUT2D eigenvalue weighted by atomic mass is 10.2. The number of methoxy groups -OCH3 is 1. The second-order valence-corrected chi connectivity index (χ2v) is 4.45. The number of rotatable bonds is 5. The maximum Gasteiger partial charge on any atom is 0.328 e. The molecule has 0 aromatic rings. The Labute approximate surface area is 111 Å². The van der Waals surface area contributed by atoms with Gasteiger partial charge in [-0.15, -0.1) is 0 Å². The van der Waals surface area contributed by atoms with Gasteiger partial charge in [0.2, 0.25) is 0 Å². The number of hydrogen-bond donors (Lipinski definition) is 3. The van der Waals surface area contributed by atoms with E-state index in [-0.39, 0.29) is 25.9 Å². The minimum absolute atomic E-state index is 0.107. The number of urea groups is 1. The Morgan fingerprint density at radius 2 is 2.21 bits per heavy atom. The van der Waals surface area contributed by atoms with E-state index in [1.807, 2.05) is 0 Å². The summed E-state index contributed by atoms with van der Waals surface area (Å²) in [5.74, 6) is -1.16. The van der Waals surface area contributed by atoms with Gasteiger partial charge in [-0.25, -0.2) is 9.59 Å². The zero-order valence-corrected chi connectivity index (χ0v) is 11.0. The van der Waals surface area contributed by atoms with Crippen molar-refractivity contribution in [1.82, 2.24) is 10.2 Å². The number of hydrogen-bond acceptors (Lipinski definition) is 5. The van der Waals surface area contributed by atoms with E-state index in [9.17, 15) is 9.59 Å². The molecule has 0 bridgehead atoms. The van der Waals surface area contributed by atoms with Crippen molar-refractivity contribution < 1.29 is 29.3 Å². The van der Waals surface area contributed by atoms with Crippen LogP contribution in [-0.4, -0.2) is 78.8 Å². The molecule has 1 fully saturated rings. The van der Waals surface area contributed by atoms with Crippen molar-refractivity contribution in [2.45, 2.75) is 25.2 Å². The molecule has 3 atom stereocenters. The number of carbonyl (C=O) groups is 2. The number of carboxylic acids is 1. The maximum absolute atomic E-state index is 12.0. The number of ether oxygens (including phenoxy) is 2. The van der Waals surface area contributed by atoms with Crippen LogP contribution in [-0.2, 0) is 14.3 Å². The molecule has 8 heteroatoms. The van der Waals surface area contributed by atoms with Crippen LogP contribution >= 0.6 is 0 Å². The Morgan fingerprint density at radius 3 is 2.74 bits per heavy atom. The molecule has 3 unspecified atom stereocenters. The summed E-state index contributed by atoms with van der Waals surface area (Å²) in [6.07, 6.45) is -0.650. The number of aliphatic hydroxyl groups is 1. The molecule has 19 heavy (non-hydrogen) atoms. The predicted octanol–water partition coefficient (Wildman–Crippen LogP) is -1.12. The average Bonchev–Trinajstić information content (AvgIpc) is 2.37. The first-order valence-corrected chi connectivity index (χ1v) is 6.01. The van der Waals surface area contributed by atoms with Gasteiger partial charge in [0.15, 0.2) is 6.04 Å². The Kier molecular flexibility index (Phi) is 6.00. The lowest BCUT2D eigenvalue weighted by Crippen LogP contribution is -2.56. The second kappa shape index (κ2) is 7.27. The van der Waals surface area contributed by atoms with Gasteiger partial charge in [0.1, 0.15) is 0 Å². The summed E-state index contributed by atoms with van der Waals surface area (Å²) < 4.78 is 10.1. The third kappa shape index (κ3) is 4.66. The molecule has 0 aromatic carbocycles. The van der Waals surface area contributed by atoms with Crippen molar-refractivity contribution in [2.75, 3.05) is 33.4 Å². The number of aliphatic carboxylic acids is 1. The zero-order chi connectivity index (χ0) is 14.4. The van der Waals surface area contributed by atoms with Gasteiger partial charge in [-0.2, -0.15) is 0 Å². The monoisotopic (exact) mass is 276 g/mol. The number of carboxylic acid groups (broad SMARTS) is 1. The molecule has 1 aliphatic heterocycles. The second-order valence-electron chi connectivity index (χ2n) is 4.45. The fourth-order valence-electron chi connectivity index (χ4n) is 1.89. The van der Waals surface area contributed by atoms with Gasteiger partial charge in [-0.05, 0) is 6.92 Å². The van der Waals surface area contributed by atoms with Crippen LogP contribution in [0, 0.1) is 0 Å². The van der Waals surface area contributed by atoms with Gasteiger partial charge in [0.05, 0.1) is 32.0 Å². The SMILES string of the molecule is COCC(NC(=O)N1CC(C)OC(CO)C1)C(=O)O. The molecule has 1 heterocycles. The molecule has 1 rings (SSSR count). The number of amides is 2. The van der Waals surface area contributed by atoms with Gasteiger partial charge in [-0.1, -0.05) is 0 Å². The Hall–Kier alpha value is -1.38. The Balaban J connectivity index is 2.58. The van der Waals surface area contributed by atoms with Gasteiger partial charge in [0.25, 0.3) is 0 Å². The molecular weight excluding hydrogens is 256 g/mol. The molecular formula is C11H20N2O6. The Morgan fingerprint density at radius 1 is 1.53 bits per heavy atom. The first-order valence-electron chi connectivity index (χ1n) is 6.01. The summed E-state index contributed by atoms with van der Waals surface area (Å²) in [5.41, 5.74) is 0. The highest BCUT2D eigenvalue weighted by Crippen LogP contribution is 2.11. The summed E-state index contributed by atoms with van der Waals surface area (Å²) in [4.78, 5) is 24.3. The topological polar surface area (TPSA) is 108 Å². The molecule has 2 amide bonds. The van der Waals surface area contributed by atoms with E-state index in [4.69, 9.17) is 19.7 Å². The summed E-state index contributed by atoms with van der Waals surface area (Å²) in [6, 6.07) is -1.60. The Bertz CT molecular complexity index is 324. The summed E-state index contributed by atoms with van der Waals surface area (Å²) >= 11 is 0. The first-order chi connectivity index (χ1) is 8.97. The zero-order valence-electron chi connectivity index (χ0n) is 11.0. The molecule has 3 N–H and O–H groups in total. The minimum atomic E-state index is -1.16. The largest absolute Gasteiger partial charge is 0.480 e. The van der Waals surface area contributed by atoms with Crippen molar-refractivity contribution in [3.63, 3.8) is 0 Å². The van der Waals surface area contributed by atoms with E-state index in [2.05, 4.69) is 5.32 Å². The van der Waals surface area contributed by atoms with Crippen LogP contribution in [0.15, 0.2) is 0 Å². The normalized spacial score (nSPS) is 24.9. The molecule has 0 radical (unpaired) electrons. The number of morpholine rings is 1. The molecule has 0 aromatic heterocycles. The lowest BCUT2D eigenvalue weighted by Gasteiger charge is -2.36. The first kappa shape index (κ1) is 15.7. The highest BCUT2D eigenvalue weighted by molar-refractivity contribution is 5.82. The fraction of sp³-hybridized carbons (Fsp3) is 0.818. The molecule has 0 saturated carbocycles. The predicted molar refractivity (Wildman–Crippen MR) is 64.8 cm³/mol. The highest BCUT2D eigenvalue weighted by Gasteiger charge is 2.30. The van der Waals surface area contributed by atoms with Crippen LogP contribution in [0.3, 0.4) is 0 Å². The summed E-state index contributed by atoms with van der Waals surface area (Å²) in [5, 5.41) is 20.4. The standard InChI is InChI=1S/C11H20N2O6/c1-7-3-13(4-8(5-14)19-7)11(17)12-9(6-18-2)10(15)16/h7-9,14H,3-6H2,1-2H3,(H,12,17)(H,15,16). The fourth-order valence-corrected chi connectivity index (χ4v) is 1.89. The average molecular weight is 276 g/mol. The van der Waals surface area contributed by atoms with Crippen molar-refractivity contribution in [1.29, 1.82) is 0 Å².